The molecule has 4 aromatic rings. The van der Waals surface area contributed by atoms with Crippen molar-refractivity contribution in [1.82, 2.24) is 0 Å². The number of rotatable bonds is 9. The van der Waals surface area contributed by atoms with Crippen LogP contribution in [0.5, 0.6) is 5.75 Å². The number of carbonyl (C=O) groups excluding carboxylic acids is 1. The van der Waals surface area contributed by atoms with E-state index in [1.165, 1.54) is 17.7 Å². The molecule has 4 rings (SSSR count). The van der Waals surface area contributed by atoms with Crippen molar-refractivity contribution < 1.29 is 19.4 Å². The minimum atomic E-state index is -1.11. The van der Waals surface area contributed by atoms with Crippen LogP contribution in [0.3, 0.4) is 0 Å². The van der Waals surface area contributed by atoms with Crippen molar-refractivity contribution in [3.8, 4) is 5.75 Å². The standard InChI is InChI=1S/C30H28N2O4/c1-4-20-8-12-26(13-9-20)32(2)27-14-10-21(11-15-27)29(33)22-16-23(30(34)35)18-25(17-22)31-24-6-5-7-28(19-24)36-3/h5-19,31H,4H2,1-3H3,(H,34,35). The van der Waals surface area contributed by atoms with Gasteiger partial charge in [-0.1, -0.05) is 25.1 Å². The first-order valence-corrected chi connectivity index (χ1v) is 11.6. The SMILES string of the molecule is CCc1ccc(N(C)c2ccc(C(=O)c3cc(Nc4cccc(OC)c4)cc(C(=O)O)c3)cc2)cc1. The summed E-state index contributed by atoms with van der Waals surface area (Å²) in [6, 6.07) is 27.5. The van der Waals surface area contributed by atoms with Crippen LogP contribution in [0.1, 0.15) is 38.8 Å². The zero-order valence-corrected chi connectivity index (χ0v) is 20.5. The summed E-state index contributed by atoms with van der Waals surface area (Å²) in [5.41, 5.74) is 5.27. The lowest BCUT2D eigenvalue weighted by Gasteiger charge is -2.20. The lowest BCUT2D eigenvalue weighted by atomic mass is 10.00. The average molecular weight is 481 g/mol. The molecule has 6 heteroatoms. The lowest BCUT2D eigenvalue weighted by molar-refractivity contribution is 0.0697. The molecule has 0 amide bonds. The third kappa shape index (κ3) is 5.55. The van der Waals surface area contributed by atoms with Crippen molar-refractivity contribution in [1.29, 1.82) is 0 Å². The molecule has 2 N–H and O–H groups in total. The van der Waals surface area contributed by atoms with E-state index >= 15 is 0 Å². The summed E-state index contributed by atoms with van der Waals surface area (Å²) in [5.74, 6) is -0.699. The Kier molecular flexibility index (Phi) is 7.35. The van der Waals surface area contributed by atoms with Gasteiger partial charge in [-0.2, -0.15) is 0 Å². The summed E-state index contributed by atoms with van der Waals surface area (Å²) < 4.78 is 5.25. The number of ketones is 1. The van der Waals surface area contributed by atoms with E-state index in [9.17, 15) is 14.7 Å². The van der Waals surface area contributed by atoms with Crippen LogP contribution in [0, 0.1) is 0 Å². The Hall–Kier alpha value is -4.58. The molecule has 4 aromatic carbocycles. The molecule has 0 saturated heterocycles. The van der Waals surface area contributed by atoms with Gasteiger partial charge in [0.25, 0.3) is 0 Å². The molecule has 0 aliphatic carbocycles. The van der Waals surface area contributed by atoms with E-state index < -0.39 is 5.97 Å². The highest BCUT2D eigenvalue weighted by atomic mass is 16.5. The van der Waals surface area contributed by atoms with Gasteiger partial charge < -0.3 is 20.1 Å². The number of nitrogens with one attached hydrogen (secondary N) is 1. The van der Waals surface area contributed by atoms with Gasteiger partial charge in [0.1, 0.15) is 5.75 Å². The highest BCUT2D eigenvalue weighted by molar-refractivity contribution is 6.10. The average Bonchev–Trinajstić information content (AvgIpc) is 2.92. The number of ether oxygens (including phenoxy) is 1. The zero-order valence-electron chi connectivity index (χ0n) is 20.5. The fraction of sp³-hybridized carbons (Fsp3) is 0.133. The Morgan fingerprint density at radius 3 is 2.06 bits per heavy atom. The molecule has 0 radical (unpaired) electrons. The topological polar surface area (TPSA) is 78.9 Å². The van der Waals surface area contributed by atoms with Crippen LogP contribution in [0.2, 0.25) is 0 Å². The number of carbonyl (C=O) groups is 2. The van der Waals surface area contributed by atoms with Gasteiger partial charge in [0, 0.05) is 47.0 Å². The second-order valence-corrected chi connectivity index (χ2v) is 8.42. The maximum Gasteiger partial charge on any atom is 0.335 e. The second-order valence-electron chi connectivity index (χ2n) is 8.42. The van der Waals surface area contributed by atoms with Gasteiger partial charge in [-0.15, -0.1) is 0 Å². The van der Waals surface area contributed by atoms with Gasteiger partial charge in [0.15, 0.2) is 5.78 Å². The van der Waals surface area contributed by atoms with E-state index in [2.05, 4.69) is 41.4 Å². The maximum atomic E-state index is 13.3. The maximum absolute atomic E-state index is 13.3. The van der Waals surface area contributed by atoms with Crippen LogP contribution >= 0.6 is 0 Å². The van der Waals surface area contributed by atoms with Gasteiger partial charge in [-0.05, 0) is 78.7 Å². The van der Waals surface area contributed by atoms with E-state index in [0.29, 0.717) is 17.0 Å². The molecule has 6 nitrogen and oxygen atoms in total. The Morgan fingerprint density at radius 2 is 1.44 bits per heavy atom. The molecule has 0 unspecified atom stereocenters. The first kappa shape index (κ1) is 24.5. The molecule has 0 spiro atoms. The largest absolute Gasteiger partial charge is 0.497 e. The molecule has 182 valence electrons. The van der Waals surface area contributed by atoms with Gasteiger partial charge in [-0.25, -0.2) is 4.79 Å². The molecular weight excluding hydrogens is 452 g/mol. The van der Waals surface area contributed by atoms with Crippen molar-refractivity contribution in [2.24, 2.45) is 0 Å². The van der Waals surface area contributed by atoms with Gasteiger partial charge in [0.05, 0.1) is 12.7 Å². The number of benzene rings is 4. The molecule has 0 heterocycles. The number of nitrogens with zero attached hydrogens (tertiary/aromatic N) is 1. The molecular formula is C30H28N2O4. The number of methoxy groups -OCH3 is 1. The molecule has 0 aliphatic rings. The van der Waals surface area contributed by atoms with Crippen LogP contribution in [0.15, 0.2) is 91.0 Å². The zero-order chi connectivity index (χ0) is 25.7. The molecule has 36 heavy (non-hydrogen) atoms. The van der Waals surface area contributed by atoms with E-state index in [4.69, 9.17) is 4.74 Å². The molecule has 0 atom stereocenters. The van der Waals surface area contributed by atoms with E-state index in [-0.39, 0.29) is 16.9 Å². The summed E-state index contributed by atoms with van der Waals surface area (Å²) in [7, 11) is 3.55. The van der Waals surface area contributed by atoms with Crippen molar-refractivity contribution >= 4 is 34.5 Å². The minimum absolute atomic E-state index is 0.0260. The first-order valence-electron chi connectivity index (χ1n) is 11.6. The summed E-state index contributed by atoms with van der Waals surface area (Å²) in [6.45, 7) is 2.12. The Balaban J connectivity index is 1.58. The lowest BCUT2D eigenvalue weighted by Crippen LogP contribution is -2.10. The fourth-order valence-electron chi connectivity index (χ4n) is 3.93. The van der Waals surface area contributed by atoms with Crippen LogP contribution in [-0.2, 0) is 6.42 Å². The Morgan fingerprint density at radius 1 is 0.806 bits per heavy atom. The fourth-order valence-corrected chi connectivity index (χ4v) is 3.93. The summed E-state index contributed by atoms with van der Waals surface area (Å²) in [4.78, 5) is 27.1. The molecule has 0 aromatic heterocycles. The predicted molar refractivity (Wildman–Crippen MR) is 143 cm³/mol. The predicted octanol–water partition coefficient (Wildman–Crippen LogP) is 6.70. The van der Waals surface area contributed by atoms with Crippen molar-refractivity contribution in [2.45, 2.75) is 13.3 Å². The second kappa shape index (κ2) is 10.8. The highest BCUT2D eigenvalue weighted by Crippen LogP contribution is 2.27. The Bertz CT molecular complexity index is 1380. The van der Waals surface area contributed by atoms with Crippen molar-refractivity contribution in [2.75, 3.05) is 24.4 Å². The summed E-state index contributed by atoms with van der Waals surface area (Å²) >= 11 is 0. The minimum Gasteiger partial charge on any atom is -0.497 e. The van der Waals surface area contributed by atoms with Gasteiger partial charge in [-0.3, -0.25) is 4.79 Å². The van der Waals surface area contributed by atoms with Crippen LogP contribution in [0.4, 0.5) is 22.7 Å². The number of hydrogen-bond acceptors (Lipinski definition) is 5. The normalized spacial score (nSPS) is 10.5. The highest BCUT2D eigenvalue weighted by Gasteiger charge is 2.15. The van der Waals surface area contributed by atoms with Crippen molar-refractivity contribution in [3.05, 3.63) is 113 Å². The van der Waals surface area contributed by atoms with Crippen molar-refractivity contribution in [3.63, 3.8) is 0 Å². The Labute approximate surface area is 210 Å². The third-order valence-corrected chi connectivity index (χ3v) is 6.05. The number of anilines is 4. The number of carboxylic acids is 1. The number of carboxylic acid groups (broad SMARTS) is 1. The molecule has 0 saturated carbocycles. The molecule has 0 fully saturated rings. The van der Waals surface area contributed by atoms with Crippen LogP contribution < -0.4 is 15.0 Å². The van der Waals surface area contributed by atoms with E-state index in [1.807, 2.05) is 37.4 Å². The van der Waals surface area contributed by atoms with Gasteiger partial charge >= 0.3 is 5.97 Å². The number of hydrogen-bond donors (Lipinski definition) is 2. The number of aryl methyl sites for hydroxylation is 1. The quantitative estimate of drug-likeness (QED) is 0.260. The molecule has 0 aliphatic heterocycles. The molecule has 0 bridgehead atoms. The van der Waals surface area contributed by atoms with Crippen LogP contribution in [0.25, 0.3) is 0 Å². The third-order valence-electron chi connectivity index (χ3n) is 6.05. The smallest absolute Gasteiger partial charge is 0.335 e. The monoisotopic (exact) mass is 480 g/mol. The number of aromatic carboxylic acids is 1. The van der Waals surface area contributed by atoms with E-state index in [0.717, 1.165) is 23.5 Å². The summed E-state index contributed by atoms with van der Waals surface area (Å²) in [6.07, 6.45) is 0.987. The van der Waals surface area contributed by atoms with E-state index in [1.54, 1.807) is 31.4 Å². The van der Waals surface area contributed by atoms with Gasteiger partial charge in [0.2, 0.25) is 0 Å². The first-order chi connectivity index (χ1) is 17.4. The van der Waals surface area contributed by atoms with Crippen LogP contribution in [-0.4, -0.2) is 31.0 Å². The summed E-state index contributed by atoms with van der Waals surface area (Å²) in [5, 5.41) is 12.8.